The van der Waals surface area contributed by atoms with Gasteiger partial charge in [-0.05, 0) is 24.7 Å². The minimum Gasteiger partial charge on any atom is -0.396 e. The molecule has 0 aromatic carbocycles. The molecule has 0 saturated carbocycles. The molecule has 78 valence electrons. The summed E-state index contributed by atoms with van der Waals surface area (Å²) in [5, 5.41) is 8.93. The standard InChI is InChI=1S/C8H15FO3S/c9-3-1-7-2-4-13(11,12)6-8(7)5-10/h7-8,10H,1-6H2. The molecule has 1 aliphatic heterocycles. The Morgan fingerprint density at radius 1 is 1.38 bits per heavy atom. The van der Waals surface area contributed by atoms with Gasteiger partial charge in [0.05, 0.1) is 18.2 Å². The van der Waals surface area contributed by atoms with Crippen LogP contribution in [-0.2, 0) is 9.84 Å². The maximum atomic E-state index is 12.0. The largest absolute Gasteiger partial charge is 0.396 e. The molecule has 1 N–H and O–H groups in total. The number of halogens is 1. The Morgan fingerprint density at radius 2 is 2.08 bits per heavy atom. The molecule has 0 aliphatic carbocycles. The number of aliphatic hydroxyl groups is 1. The fourth-order valence-electron chi connectivity index (χ4n) is 1.83. The van der Waals surface area contributed by atoms with Crippen LogP contribution in [0.3, 0.4) is 0 Å². The second kappa shape index (κ2) is 4.37. The van der Waals surface area contributed by atoms with Crippen LogP contribution in [0.15, 0.2) is 0 Å². The number of rotatable bonds is 3. The third-order valence-electron chi connectivity index (χ3n) is 2.65. The number of aliphatic hydroxyl groups excluding tert-OH is 1. The lowest BCUT2D eigenvalue weighted by Crippen LogP contribution is -2.35. The average molecular weight is 210 g/mol. The van der Waals surface area contributed by atoms with Crippen LogP contribution in [0, 0.1) is 11.8 Å². The third kappa shape index (κ3) is 2.91. The van der Waals surface area contributed by atoms with Crippen LogP contribution in [0.4, 0.5) is 4.39 Å². The highest BCUT2D eigenvalue weighted by Gasteiger charge is 2.32. The minimum absolute atomic E-state index is 0.0220. The monoisotopic (exact) mass is 210 g/mol. The molecule has 1 rings (SSSR count). The van der Waals surface area contributed by atoms with Crippen LogP contribution in [0.25, 0.3) is 0 Å². The van der Waals surface area contributed by atoms with Gasteiger partial charge in [0.2, 0.25) is 0 Å². The average Bonchev–Trinajstić information content (AvgIpc) is 2.08. The van der Waals surface area contributed by atoms with Gasteiger partial charge in [-0.3, -0.25) is 4.39 Å². The van der Waals surface area contributed by atoms with Gasteiger partial charge in [0, 0.05) is 6.61 Å². The number of alkyl halides is 1. The van der Waals surface area contributed by atoms with Crippen molar-refractivity contribution in [2.45, 2.75) is 12.8 Å². The van der Waals surface area contributed by atoms with Gasteiger partial charge in [0.1, 0.15) is 0 Å². The van der Waals surface area contributed by atoms with E-state index in [1.807, 2.05) is 0 Å². The number of sulfone groups is 1. The van der Waals surface area contributed by atoms with Crippen LogP contribution in [0.2, 0.25) is 0 Å². The Morgan fingerprint density at radius 3 is 2.62 bits per heavy atom. The van der Waals surface area contributed by atoms with Crippen LogP contribution in [0.1, 0.15) is 12.8 Å². The van der Waals surface area contributed by atoms with Gasteiger partial charge in [-0.2, -0.15) is 0 Å². The predicted octanol–water partition coefficient (Wildman–Crippen LogP) is 0.389. The van der Waals surface area contributed by atoms with Gasteiger partial charge in [-0.1, -0.05) is 0 Å². The van der Waals surface area contributed by atoms with E-state index in [2.05, 4.69) is 0 Å². The molecule has 13 heavy (non-hydrogen) atoms. The van der Waals surface area contributed by atoms with Gasteiger partial charge in [-0.25, -0.2) is 8.42 Å². The van der Waals surface area contributed by atoms with Crippen molar-refractivity contribution >= 4 is 9.84 Å². The first kappa shape index (κ1) is 10.9. The Labute approximate surface area is 77.9 Å². The molecule has 2 unspecified atom stereocenters. The molecular formula is C8H15FO3S. The minimum atomic E-state index is -2.98. The first-order valence-electron chi connectivity index (χ1n) is 4.46. The van der Waals surface area contributed by atoms with E-state index in [0.717, 1.165) is 0 Å². The predicted molar refractivity (Wildman–Crippen MR) is 47.9 cm³/mol. The first-order chi connectivity index (χ1) is 6.09. The van der Waals surface area contributed by atoms with Crippen molar-refractivity contribution in [1.82, 2.24) is 0 Å². The van der Waals surface area contributed by atoms with E-state index in [1.165, 1.54) is 0 Å². The van der Waals surface area contributed by atoms with E-state index in [4.69, 9.17) is 5.11 Å². The summed E-state index contributed by atoms with van der Waals surface area (Å²) in [5.74, 6) is -0.0458. The SMILES string of the molecule is O=S1(=O)CCC(CCF)C(CO)C1. The molecular weight excluding hydrogens is 195 g/mol. The zero-order valence-corrected chi connectivity index (χ0v) is 8.26. The highest BCUT2D eigenvalue weighted by atomic mass is 32.2. The second-order valence-electron chi connectivity index (χ2n) is 3.58. The summed E-state index contributed by atoms with van der Waals surface area (Å²) in [6.45, 7) is -0.578. The number of hydrogen-bond acceptors (Lipinski definition) is 3. The van der Waals surface area contributed by atoms with Crippen molar-refractivity contribution < 1.29 is 17.9 Å². The lowest BCUT2D eigenvalue weighted by molar-refractivity contribution is 0.169. The lowest BCUT2D eigenvalue weighted by atomic mass is 9.89. The summed E-state index contributed by atoms with van der Waals surface area (Å²) >= 11 is 0. The zero-order valence-electron chi connectivity index (χ0n) is 7.45. The van der Waals surface area contributed by atoms with E-state index in [1.54, 1.807) is 0 Å². The molecule has 0 radical (unpaired) electrons. The molecule has 1 aliphatic rings. The molecule has 0 amide bonds. The van der Waals surface area contributed by atoms with Crippen molar-refractivity contribution in [2.24, 2.45) is 11.8 Å². The highest BCUT2D eigenvalue weighted by molar-refractivity contribution is 7.91. The molecule has 0 aromatic rings. The molecule has 3 nitrogen and oxygen atoms in total. The van der Waals surface area contributed by atoms with Crippen molar-refractivity contribution in [2.75, 3.05) is 24.8 Å². The Balaban J connectivity index is 2.60. The number of hydrogen-bond donors (Lipinski definition) is 1. The fourth-order valence-corrected chi connectivity index (χ4v) is 3.69. The van der Waals surface area contributed by atoms with Gasteiger partial charge >= 0.3 is 0 Å². The maximum Gasteiger partial charge on any atom is 0.150 e. The van der Waals surface area contributed by atoms with Crippen molar-refractivity contribution in [3.05, 3.63) is 0 Å². The molecule has 2 atom stereocenters. The molecule has 5 heteroatoms. The van der Waals surface area contributed by atoms with E-state index in [-0.39, 0.29) is 29.9 Å². The summed E-state index contributed by atoms with van der Waals surface area (Å²) in [6.07, 6.45) is 0.873. The lowest BCUT2D eigenvalue weighted by Gasteiger charge is -2.29. The van der Waals surface area contributed by atoms with E-state index >= 15 is 0 Å². The first-order valence-corrected chi connectivity index (χ1v) is 6.28. The molecule has 1 heterocycles. The van der Waals surface area contributed by atoms with Gasteiger partial charge in [0.25, 0.3) is 0 Å². The second-order valence-corrected chi connectivity index (χ2v) is 5.81. The Bertz CT molecular complexity index is 250. The van der Waals surface area contributed by atoms with Crippen LogP contribution in [-0.4, -0.2) is 38.3 Å². The topological polar surface area (TPSA) is 54.4 Å². The third-order valence-corrected chi connectivity index (χ3v) is 4.44. The molecule has 0 bridgehead atoms. The summed E-state index contributed by atoms with van der Waals surface area (Å²) in [4.78, 5) is 0. The van der Waals surface area contributed by atoms with Crippen molar-refractivity contribution in [1.29, 1.82) is 0 Å². The maximum absolute atomic E-state index is 12.0. The van der Waals surface area contributed by atoms with Gasteiger partial charge < -0.3 is 5.11 Å². The summed E-state index contributed by atoms with van der Waals surface area (Å²) in [6, 6.07) is 0. The summed E-state index contributed by atoms with van der Waals surface area (Å²) < 4.78 is 34.4. The molecule has 0 spiro atoms. The Hall–Kier alpha value is -0.160. The van der Waals surface area contributed by atoms with Crippen LogP contribution < -0.4 is 0 Å². The zero-order chi connectivity index (χ0) is 9.90. The van der Waals surface area contributed by atoms with E-state index < -0.39 is 16.5 Å². The normalized spacial score (nSPS) is 33.1. The fraction of sp³-hybridized carbons (Fsp3) is 1.00. The quantitative estimate of drug-likeness (QED) is 0.733. The summed E-state index contributed by atoms with van der Waals surface area (Å²) in [7, 11) is -2.98. The van der Waals surface area contributed by atoms with Crippen molar-refractivity contribution in [3.63, 3.8) is 0 Å². The molecule has 0 aromatic heterocycles. The van der Waals surface area contributed by atoms with Gasteiger partial charge in [-0.15, -0.1) is 0 Å². The molecule has 1 saturated heterocycles. The van der Waals surface area contributed by atoms with E-state index in [0.29, 0.717) is 12.8 Å². The van der Waals surface area contributed by atoms with Crippen molar-refractivity contribution in [3.8, 4) is 0 Å². The van der Waals surface area contributed by atoms with Crippen LogP contribution in [0.5, 0.6) is 0 Å². The highest BCUT2D eigenvalue weighted by Crippen LogP contribution is 2.27. The Kier molecular flexibility index (Phi) is 3.67. The van der Waals surface area contributed by atoms with Gasteiger partial charge in [0.15, 0.2) is 9.84 Å². The smallest absolute Gasteiger partial charge is 0.150 e. The van der Waals surface area contributed by atoms with Crippen LogP contribution >= 0.6 is 0 Å². The molecule has 1 fully saturated rings. The summed E-state index contributed by atoms with van der Waals surface area (Å²) in [5.41, 5.74) is 0. The van der Waals surface area contributed by atoms with E-state index in [9.17, 15) is 12.8 Å².